The summed E-state index contributed by atoms with van der Waals surface area (Å²) < 4.78 is 5.77. The van der Waals surface area contributed by atoms with Crippen molar-refractivity contribution >= 4 is 10.8 Å². The highest BCUT2D eigenvalue weighted by Gasteiger charge is 1.98. The molecule has 2 N–H and O–H groups in total. The van der Waals surface area contributed by atoms with Gasteiger partial charge in [0.2, 0.25) is 0 Å². The lowest BCUT2D eigenvalue weighted by atomic mass is 10.1. The van der Waals surface area contributed by atoms with E-state index in [0.29, 0.717) is 6.54 Å². The van der Waals surface area contributed by atoms with E-state index in [1.54, 1.807) is 0 Å². The van der Waals surface area contributed by atoms with Crippen molar-refractivity contribution in [3.8, 4) is 17.6 Å². The topological polar surface area (TPSA) is 35.2 Å². The molecule has 2 rings (SSSR count). The Hall–Kier alpha value is -1.98. The van der Waals surface area contributed by atoms with Gasteiger partial charge in [0.05, 0.1) is 13.2 Å². The third-order valence-electron chi connectivity index (χ3n) is 3.16. The van der Waals surface area contributed by atoms with Crippen molar-refractivity contribution in [1.82, 2.24) is 0 Å². The minimum atomic E-state index is 0.391. The van der Waals surface area contributed by atoms with Crippen molar-refractivity contribution < 1.29 is 4.74 Å². The zero-order valence-corrected chi connectivity index (χ0v) is 12.0. The highest BCUT2D eigenvalue weighted by Crippen LogP contribution is 2.22. The summed E-state index contributed by atoms with van der Waals surface area (Å²) in [5.74, 6) is 6.87. The molecular formula is C18H21NO. The molecule has 0 aromatic heterocycles. The highest BCUT2D eigenvalue weighted by atomic mass is 16.5. The molecule has 2 aromatic carbocycles. The fraction of sp³-hybridized carbons (Fsp3) is 0.333. The maximum absolute atomic E-state index is 5.77. The molecule has 0 aliphatic heterocycles. The molecule has 0 amide bonds. The molecule has 0 spiro atoms. The fourth-order valence-corrected chi connectivity index (χ4v) is 2.09. The summed E-state index contributed by atoms with van der Waals surface area (Å²) in [6, 6.07) is 12.4. The number of hydrogen-bond acceptors (Lipinski definition) is 2. The fourth-order valence-electron chi connectivity index (χ4n) is 2.09. The van der Waals surface area contributed by atoms with Gasteiger partial charge < -0.3 is 10.5 Å². The minimum absolute atomic E-state index is 0.391. The number of unbranched alkanes of at least 4 members (excludes halogenated alkanes) is 2. The van der Waals surface area contributed by atoms with Crippen LogP contribution in [-0.4, -0.2) is 13.2 Å². The van der Waals surface area contributed by atoms with Gasteiger partial charge in [-0.15, -0.1) is 0 Å². The number of nitrogens with two attached hydrogens (primary N) is 1. The van der Waals surface area contributed by atoms with Gasteiger partial charge in [0, 0.05) is 5.56 Å². The zero-order chi connectivity index (χ0) is 14.2. The first-order valence-electron chi connectivity index (χ1n) is 7.19. The Kier molecular flexibility index (Phi) is 5.46. The van der Waals surface area contributed by atoms with Crippen molar-refractivity contribution in [3.05, 3.63) is 42.0 Å². The smallest absolute Gasteiger partial charge is 0.119 e. The number of benzene rings is 2. The molecule has 2 heteroatoms. The molecule has 0 aliphatic rings. The van der Waals surface area contributed by atoms with Crippen LogP contribution in [0.5, 0.6) is 5.75 Å². The second kappa shape index (κ2) is 7.57. The lowest BCUT2D eigenvalue weighted by Gasteiger charge is -2.07. The molecule has 0 atom stereocenters. The Balaban J connectivity index is 2.10. The predicted octanol–water partition coefficient (Wildman–Crippen LogP) is 3.72. The van der Waals surface area contributed by atoms with Gasteiger partial charge in [0.1, 0.15) is 5.75 Å². The summed E-state index contributed by atoms with van der Waals surface area (Å²) in [6.07, 6.45) is 3.55. The van der Waals surface area contributed by atoms with Crippen LogP contribution in [0.15, 0.2) is 36.4 Å². The second-order valence-corrected chi connectivity index (χ2v) is 4.79. The van der Waals surface area contributed by atoms with Gasteiger partial charge in [0.25, 0.3) is 0 Å². The maximum atomic E-state index is 5.77. The minimum Gasteiger partial charge on any atom is -0.494 e. The van der Waals surface area contributed by atoms with Crippen LogP contribution in [-0.2, 0) is 0 Å². The van der Waals surface area contributed by atoms with Crippen molar-refractivity contribution in [1.29, 1.82) is 0 Å². The van der Waals surface area contributed by atoms with Gasteiger partial charge in [-0.05, 0) is 41.5 Å². The maximum Gasteiger partial charge on any atom is 0.119 e. The Morgan fingerprint density at radius 3 is 2.65 bits per heavy atom. The molecule has 0 saturated carbocycles. The number of fused-ring (bicyclic) bond motifs is 1. The van der Waals surface area contributed by atoms with Gasteiger partial charge in [-0.1, -0.05) is 43.7 Å². The third-order valence-corrected chi connectivity index (χ3v) is 3.16. The summed E-state index contributed by atoms with van der Waals surface area (Å²) in [4.78, 5) is 0. The number of hydrogen-bond donors (Lipinski definition) is 1. The summed E-state index contributed by atoms with van der Waals surface area (Å²) in [7, 11) is 0. The zero-order valence-electron chi connectivity index (χ0n) is 12.0. The normalized spacial score (nSPS) is 10.1. The summed E-state index contributed by atoms with van der Waals surface area (Å²) >= 11 is 0. The van der Waals surface area contributed by atoms with E-state index in [9.17, 15) is 0 Å². The molecular weight excluding hydrogens is 246 g/mol. The largest absolute Gasteiger partial charge is 0.494 e. The van der Waals surface area contributed by atoms with Crippen LogP contribution in [0.1, 0.15) is 31.7 Å². The van der Waals surface area contributed by atoms with E-state index >= 15 is 0 Å². The number of rotatable bonds is 5. The van der Waals surface area contributed by atoms with Gasteiger partial charge in [0.15, 0.2) is 0 Å². The Morgan fingerprint density at radius 2 is 1.85 bits per heavy atom. The van der Waals surface area contributed by atoms with Gasteiger partial charge in [-0.2, -0.15) is 0 Å². The molecule has 0 bridgehead atoms. The number of ether oxygens (including phenoxy) is 1. The van der Waals surface area contributed by atoms with E-state index < -0.39 is 0 Å². The van der Waals surface area contributed by atoms with Gasteiger partial charge >= 0.3 is 0 Å². The van der Waals surface area contributed by atoms with Crippen LogP contribution in [0.25, 0.3) is 10.8 Å². The first-order chi connectivity index (χ1) is 9.83. The monoisotopic (exact) mass is 267 g/mol. The quantitative estimate of drug-likeness (QED) is 0.662. The van der Waals surface area contributed by atoms with Crippen LogP contribution in [0, 0.1) is 11.8 Å². The predicted molar refractivity (Wildman–Crippen MR) is 84.9 cm³/mol. The van der Waals surface area contributed by atoms with Crippen LogP contribution in [0.3, 0.4) is 0 Å². The van der Waals surface area contributed by atoms with E-state index in [2.05, 4.69) is 43.0 Å². The van der Waals surface area contributed by atoms with Crippen LogP contribution >= 0.6 is 0 Å². The Labute approximate surface area is 120 Å². The molecule has 20 heavy (non-hydrogen) atoms. The van der Waals surface area contributed by atoms with E-state index in [-0.39, 0.29) is 0 Å². The van der Waals surface area contributed by atoms with Gasteiger partial charge in [-0.3, -0.25) is 0 Å². The van der Waals surface area contributed by atoms with Crippen molar-refractivity contribution in [2.75, 3.05) is 13.2 Å². The first-order valence-corrected chi connectivity index (χ1v) is 7.19. The molecule has 0 aliphatic carbocycles. The lowest BCUT2D eigenvalue weighted by molar-refractivity contribution is 0.306. The standard InChI is InChI=1S/C18H21NO/c1-2-3-4-12-20-18-10-9-16-13-15(6-5-11-19)7-8-17(16)14-18/h7-10,13-14H,2-4,11-12,19H2,1H3. The van der Waals surface area contributed by atoms with Crippen LogP contribution in [0.4, 0.5) is 0 Å². The average molecular weight is 267 g/mol. The van der Waals surface area contributed by atoms with Crippen molar-refractivity contribution in [3.63, 3.8) is 0 Å². The van der Waals surface area contributed by atoms with E-state index in [1.807, 2.05) is 12.1 Å². The molecule has 0 heterocycles. The molecule has 0 unspecified atom stereocenters. The Morgan fingerprint density at radius 1 is 1.05 bits per heavy atom. The SMILES string of the molecule is CCCCCOc1ccc2cc(C#CCN)ccc2c1. The summed E-state index contributed by atoms with van der Waals surface area (Å²) in [6.45, 7) is 3.38. The molecule has 2 aromatic rings. The molecule has 0 radical (unpaired) electrons. The van der Waals surface area contributed by atoms with Crippen molar-refractivity contribution in [2.45, 2.75) is 26.2 Å². The molecule has 0 saturated heterocycles. The average Bonchev–Trinajstić information content (AvgIpc) is 2.49. The second-order valence-electron chi connectivity index (χ2n) is 4.79. The van der Waals surface area contributed by atoms with Crippen molar-refractivity contribution in [2.24, 2.45) is 5.73 Å². The van der Waals surface area contributed by atoms with E-state index in [0.717, 1.165) is 24.3 Å². The summed E-state index contributed by atoms with van der Waals surface area (Å²) in [5.41, 5.74) is 6.39. The molecule has 0 fully saturated rings. The molecule has 2 nitrogen and oxygen atoms in total. The first kappa shape index (κ1) is 14.4. The molecule has 104 valence electrons. The third kappa shape index (κ3) is 4.01. The van der Waals surface area contributed by atoms with Crippen LogP contribution < -0.4 is 10.5 Å². The summed E-state index contributed by atoms with van der Waals surface area (Å²) in [5, 5.41) is 2.35. The van der Waals surface area contributed by atoms with Gasteiger partial charge in [-0.25, -0.2) is 0 Å². The van der Waals surface area contributed by atoms with Crippen LogP contribution in [0.2, 0.25) is 0 Å². The highest BCUT2D eigenvalue weighted by molar-refractivity contribution is 5.85. The Bertz CT molecular complexity index is 622. The van der Waals surface area contributed by atoms with E-state index in [4.69, 9.17) is 10.5 Å². The van der Waals surface area contributed by atoms with E-state index in [1.165, 1.54) is 23.6 Å². The lowest BCUT2D eigenvalue weighted by Crippen LogP contribution is -1.96.